The van der Waals surface area contributed by atoms with E-state index in [0.29, 0.717) is 46.0 Å². The van der Waals surface area contributed by atoms with E-state index >= 15 is 4.39 Å². The summed E-state index contributed by atoms with van der Waals surface area (Å²) in [5.41, 5.74) is 3.44. The molecule has 9 heteroatoms. The number of imidazole rings is 1. The molecule has 0 saturated carbocycles. The third kappa shape index (κ3) is 4.70. The highest BCUT2D eigenvalue weighted by molar-refractivity contribution is 5.93. The summed E-state index contributed by atoms with van der Waals surface area (Å²) in [7, 11) is 2.21. The van der Waals surface area contributed by atoms with E-state index < -0.39 is 23.9 Å². The van der Waals surface area contributed by atoms with Crippen LogP contribution in [0.15, 0.2) is 42.7 Å². The zero-order valence-corrected chi connectivity index (χ0v) is 23.1. The molecule has 2 bridgehead atoms. The van der Waals surface area contributed by atoms with E-state index in [4.69, 9.17) is 0 Å². The van der Waals surface area contributed by atoms with Gasteiger partial charge in [-0.05, 0) is 63.9 Å². The van der Waals surface area contributed by atoms with E-state index in [1.807, 2.05) is 19.1 Å². The number of piperidine rings is 1. The van der Waals surface area contributed by atoms with E-state index in [2.05, 4.69) is 44.1 Å². The summed E-state index contributed by atoms with van der Waals surface area (Å²) in [6, 6.07) is 10.9. The molecular weight excluding hydrogens is 522 g/mol. The minimum absolute atomic E-state index is 0.157. The number of hydrogen-bond donors (Lipinski definition) is 2. The Kier molecular flexibility index (Phi) is 6.39. The highest BCUT2D eigenvalue weighted by Gasteiger charge is 2.38. The van der Waals surface area contributed by atoms with Crippen molar-refractivity contribution in [3.8, 4) is 11.8 Å². The van der Waals surface area contributed by atoms with Gasteiger partial charge < -0.3 is 19.8 Å². The number of nitrogens with one attached hydrogen (secondary N) is 2. The molecule has 7 rings (SSSR count). The van der Waals surface area contributed by atoms with Gasteiger partial charge in [0.1, 0.15) is 17.9 Å². The topological polar surface area (TPSA) is 78.8 Å². The standard InChI is InChI=1S/C32H32F2N6O/c1-18-11-19(7-8-20-12-22-9-10-23(13-20)39(22)2)14-26(36-18)32(41)38-31(29-27-15-21(33)16-40(27)17-35-29)30-28(34)24-5-3-4-6-25(24)37-30/h3-6,11,14,17,20-23,31,37H,9-10,12-13,15-16H2,1-2H3,(H,38,41)/t20?,21-,22-,23+,31?/m1/s1. The Hall–Kier alpha value is -4.03. The Morgan fingerprint density at radius 1 is 1.20 bits per heavy atom. The van der Waals surface area contributed by atoms with Crippen LogP contribution in [0.2, 0.25) is 0 Å². The van der Waals surface area contributed by atoms with Crippen molar-refractivity contribution in [2.45, 2.75) is 69.9 Å². The third-order valence-corrected chi connectivity index (χ3v) is 9.00. The van der Waals surface area contributed by atoms with Crippen molar-refractivity contribution < 1.29 is 13.6 Å². The molecule has 7 nitrogen and oxygen atoms in total. The van der Waals surface area contributed by atoms with Crippen LogP contribution in [0.1, 0.15) is 70.6 Å². The molecular formula is C32H32F2N6O. The van der Waals surface area contributed by atoms with Gasteiger partial charge in [-0.25, -0.2) is 18.7 Å². The molecule has 1 aromatic carbocycles. The number of carbonyl (C=O) groups excluding carboxylic acids is 1. The van der Waals surface area contributed by atoms with E-state index in [1.54, 1.807) is 35.2 Å². The summed E-state index contributed by atoms with van der Waals surface area (Å²) >= 11 is 0. The molecule has 0 spiro atoms. The first-order valence-corrected chi connectivity index (χ1v) is 14.3. The second-order valence-corrected chi connectivity index (χ2v) is 11.7. The van der Waals surface area contributed by atoms with Crippen LogP contribution in [-0.4, -0.2) is 55.6 Å². The molecule has 2 unspecified atom stereocenters. The highest BCUT2D eigenvalue weighted by Crippen LogP contribution is 2.37. The van der Waals surface area contributed by atoms with Gasteiger partial charge in [0.25, 0.3) is 5.91 Å². The van der Waals surface area contributed by atoms with Gasteiger partial charge in [-0.3, -0.25) is 4.79 Å². The number of carbonyl (C=O) groups is 1. The maximum atomic E-state index is 15.7. The summed E-state index contributed by atoms with van der Waals surface area (Å²) in [5, 5.41) is 3.37. The fraction of sp³-hybridized carbons (Fsp3) is 0.406. The Balaban J connectivity index is 1.20. The molecule has 6 heterocycles. The fourth-order valence-corrected chi connectivity index (χ4v) is 6.91. The van der Waals surface area contributed by atoms with Gasteiger partial charge in [0.05, 0.1) is 24.3 Å². The second kappa shape index (κ2) is 10.1. The monoisotopic (exact) mass is 554 g/mol. The molecule has 2 N–H and O–H groups in total. The van der Waals surface area contributed by atoms with Crippen molar-refractivity contribution in [2.24, 2.45) is 5.92 Å². The predicted molar refractivity (Wildman–Crippen MR) is 152 cm³/mol. The lowest BCUT2D eigenvalue weighted by Gasteiger charge is -2.34. The molecule has 2 saturated heterocycles. The lowest BCUT2D eigenvalue weighted by atomic mass is 9.91. The molecule has 5 atom stereocenters. The van der Waals surface area contributed by atoms with Crippen LogP contribution in [0.5, 0.6) is 0 Å². The van der Waals surface area contributed by atoms with Crippen molar-refractivity contribution in [2.75, 3.05) is 7.05 Å². The Morgan fingerprint density at radius 2 is 1.98 bits per heavy atom. The van der Waals surface area contributed by atoms with E-state index in [1.165, 1.54) is 12.8 Å². The number of rotatable bonds is 4. The van der Waals surface area contributed by atoms with Crippen LogP contribution in [0.25, 0.3) is 10.9 Å². The number of nitrogens with zero attached hydrogens (tertiary/aromatic N) is 4. The number of benzene rings is 1. The number of aryl methyl sites for hydroxylation is 1. The van der Waals surface area contributed by atoms with Gasteiger partial charge in [-0.15, -0.1) is 0 Å². The molecule has 2 fully saturated rings. The summed E-state index contributed by atoms with van der Waals surface area (Å²) in [6.45, 7) is 2.02. The normalized spacial score (nSPS) is 24.2. The number of hydrogen-bond acceptors (Lipinski definition) is 4. The number of H-pyrrole nitrogens is 1. The van der Waals surface area contributed by atoms with Crippen LogP contribution >= 0.6 is 0 Å². The summed E-state index contributed by atoms with van der Waals surface area (Å²) in [5.74, 6) is 6.14. The molecule has 3 aliphatic heterocycles. The SMILES string of the molecule is Cc1cc(C#CC2C[C@H]3CC[C@@H](C2)N3C)cc(C(=O)NC(c2ncn3c2C[C@@H](F)C3)c2[nH]c3ccccc3c2F)n1. The van der Waals surface area contributed by atoms with Crippen molar-refractivity contribution in [1.82, 2.24) is 29.7 Å². The van der Waals surface area contributed by atoms with Gasteiger partial charge in [-0.2, -0.15) is 0 Å². The van der Waals surface area contributed by atoms with Crippen LogP contribution in [0.3, 0.4) is 0 Å². The van der Waals surface area contributed by atoms with E-state index in [-0.39, 0.29) is 24.4 Å². The summed E-state index contributed by atoms with van der Waals surface area (Å²) in [6.07, 6.45) is 5.29. The van der Waals surface area contributed by atoms with Crippen LogP contribution in [0.4, 0.5) is 8.78 Å². The Labute approximate surface area is 237 Å². The number of para-hydroxylation sites is 1. The number of pyridine rings is 1. The van der Waals surface area contributed by atoms with Gasteiger partial charge in [0.2, 0.25) is 0 Å². The van der Waals surface area contributed by atoms with Crippen molar-refractivity contribution >= 4 is 16.8 Å². The number of halogens is 2. The smallest absolute Gasteiger partial charge is 0.270 e. The van der Waals surface area contributed by atoms with E-state index in [9.17, 15) is 9.18 Å². The number of aromatic nitrogens is 4. The van der Waals surface area contributed by atoms with Gasteiger partial charge >= 0.3 is 0 Å². The van der Waals surface area contributed by atoms with Crippen LogP contribution in [-0.2, 0) is 13.0 Å². The Bertz CT molecular complexity index is 1700. The number of alkyl halides is 1. The number of amides is 1. The minimum Gasteiger partial charge on any atom is -0.354 e. The van der Waals surface area contributed by atoms with Gasteiger partial charge in [-0.1, -0.05) is 24.0 Å². The first-order chi connectivity index (χ1) is 19.8. The third-order valence-electron chi connectivity index (χ3n) is 9.00. The maximum absolute atomic E-state index is 15.7. The predicted octanol–water partition coefficient (Wildman–Crippen LogP) is 4.84. The largest absolute Gasteiger partial charge is 0.354 e. The lowest BCUT2D eigenvalue weighted by molar-refractivity contribution is 0.0936. The number of aromatic amines is 1. The highest BCUT2D eigenvalue weighted by atomic mass is 19.1. The quantitative estimate of drug-likeness (QED) is 0.354. The molecule has 4 aromatic rings. The zero-order valence-electron chi connectivity index (χ0n) is 23.1. The average molecular weight is 555 g/mol. The molecule has 3 aliphatic rings. The first kappa shape index (κ1) is 25.9. The molecule has 210 valence electrons. The average Bonchev–Trinajstić information content (AvgIpc) is 3.66. The maximum Gasteiger partial charge on any atom is 0.270 e. The fourth-order valence-electron chi connectivity index (χ4n) is 6.91. The lowest BCUT2D eigenvalue weighted by Crippen LogP contribution is -2.39. The zero-order chi connectivity index (χ0) is 28.2. The summed E-state index contributed by atoms with van der Waals surface area (Å²) < 4.78 is 31.7. The number of fused-ring (bicyclic) bond motifs is 4. The van der Waals surface area contributed by atoms with Gasteiger partial charge in [0.15, 0.2) is 5.82 Å². The van der Waals surface area contributed by atoms with Crippen LogP contribution in [0, 0.1) is 30.5 Å². The van der Waals surface area contributed by atoms with Gasteiger partial charge in [0, 0.05) is 52.3 Å². The van der Waals surface area contributed by atoms with Crippen molar-refractivity contribution in [3.63, 3.8) is 0 Å². The summed E-state index contributed by atoms with van der Waals surface area (Å²) in [4.78, 5) is 28.3. The molecule has 3 aromatic heterocycles. The Morgan fingerprint density at radius 3 is 2.76 bits per heavy atom. The molecule has 0 aliphatic carbocycles. The van der Waals surface area contributed by atoms with E-state index in [0.717, 1.165) is 18.4 Å². The minimum atomic E-state index is -1.05. The van der Waals surface area contributed by atoms with Crippen molar-refractivity contribution in [1.29, 1.82) is 0 Å². The second-order valence-electron chi connectivity index (χ2n) is 11.7. The molecule has 41 heavy (non-hydrogen) atoms. The molecule has 0 radical (unpaired) electrons. The van der Waals surface area contributed by atoms with Crippen LogP contribution < -0.4 is 5.32 Å². The first-order valence-electron chi connectivity index (χ1n) is 14.3. The molecule has 1 amide bonds. The van der Waals surface area contributed by atoms with Crippen molar-refractivity contribution in [3.05, 3.63) is 82.6 Å².